The van der Waals surface area contributed by atoms with Crippen LogP contribution in [0.4, 0.5) is 4.39 Å². The summed E-state index contributed by atoms with van der Waals surface area (Å²) < 4.78 is 12.9. The highest BCUT2D eigenvalue weighted by Crippen LogP contribution is 2.22. The van der Waals surface area contributed by atoms with E-state index in [-0.39, 0.29) is 11.5 Å². The van der Waals surface area contributed by atoms with Crippen molar-refractivity contribution in [1.29, 1.82) is 0 Å². The Labute approximate surface area is 61.0 Å². The summed E-state index contributed by atoms with van der Waals surface area (Å²) in [6, 6.07) is 0. The van der Waals surface area contributed by atoms with Gasteiger partial charge < -0.3 is 11.1 Å². The summed E-state index contributed by atoms with van der Waals surface area (Å²) in [7, 11) is 0. The van der Waals surface area contributed by atoms with Crippen molar-refractivity contribution in [3.05, 3.63) is 0 Å². The highest BCUT2D eigenvalue weighted by atomic mass is 19.1. The van der Waals surface area contributed by atoms with Crippen LogP contribution in [-0.4, -0.2) is 24.8 Å². The van der Waals surface area contributed by atoms with Crippen molar-refractivity contribution in [2.24, 2.45) is 11.7 Å². The molecule has 1 rings (SSSR count). The molecular weight excluding hydrogens is 131 g/mol. The first kappa shape index (κ1) is 7.95. The van der Waals surface area contributed by atoms with Crippen LogP contribution in [-0.2, 0) is 0 Å². The van der Waals surface area contributed by atoms with Crippen LogP contribution >= 0.6 is 0 Å². The van der Waals surface area contributed by atoms with Gasteiger partial charge in [0.05, 0.1) is 0 Å². The normalized spacial score (nSPS) is 34.8. The summed E-state index contributed by atoms with van der Waals surface area (Å²) in [5.41, 5.74) is 5.37. The Balaban J connectivity index is 2.55. The minimum Gasteiger partial charge on any atom is -0.325 e. The van der Waals surface area contributed by atoms with Crippen molar-refractivity contribution in [3.8, 4) is 0 Å². The maximum atomic E-state index is 12.9. The molecule has 60 valence electrons. The van der Waals surface area contributed by atoms with E-state index in [1.165, 1.54) is 0 Å². The topological polar surface area (TPSA) is 38.0 Å². The lowest BCUT2D eigenvalue weighted by Gasteiger charge is -2.27. The zero-order chi connectivity index (χ0) is 7.78. The molecule has 0 aromatic rings. The summed E-state index contributed by atoms with van der Waals surface area (Å²) in [5, 5.41) is 2.97. The predicted molar refractivity (Wildman–Crippen MR) is 39.5 cm³/mol. The number of alkyl halides is 1. The first-order chi connectivity index (χ1) is 4.52. The van der Waals surface area contributed by atoms with E-state index in [1.807, 2.05) is 13.8 Å². The molecule has 1 heterocycles. The molecule has 0 amide bonds. The van der Waals surface area contributed by atoms with Crippen LogP contribution in [0.15, 0.2) is 0 Å². The molecule has 0 aromatic heterocycles. The van der Waals surface area contributed by atoms with Crippen LogP contribution in [0, 0.1) is 5.92 Å². The minimum atomic E-state index is -0.764. The third-order valence-electron chi connectivity index (χ3n) is 2.10. The average molecular weight is 146 g/mol. The third-order valence-corrected chi connectivity index (χ3v) is 2.10. The van der Waals surface area contributed by atoms with Gasteiger partial charge >= 0.3 is 0 Å². The molecule has 1 saturated heterocycles. The number of halogens is 1. The highest BCUT2D eigenvalue weighted by molar-refractivity contribution is 4.93. The van der Waals surface area contributed by atoms with Crippen molar-refractivity contribution < 1.29 is 4.39 Å². The van der Waals surface area contributed by atoms with Crippen LogP contribution in [0.3, 0.4) is 0 Å². The van der Waals surface area contributed by atoms with Gasteiger partial charge in [0.15, 0.2) is 0 Å². The van der Waals surface area contributed by atoms with E-state index in [9.17, 15) is 4.39 Å². The molecular formula is C7H15FN2. The average Bonchev–Trinajstić information content (AvgIpc) is 2.11. The van der Waals surface area contributed by atoms with Crippen LogP contribution in [0.25, 0.3) is 0 Å². The molecule has 2 nitrogen and oxygen atoms in total. The summed E-state index contributed by atoms with van der Waals surface area (Å²) in [6.07, 6.45) is -0.764. The van der Waals surface area contributed by atoms with Crippen molar-refractivity contribution in [2.45, 2.75) is 25.6 Å². The Morgan fingerprint density at radius 2 is 2.10 bits per heavy atom. The molecule has 0 unspecified atom stereocenters. The molecule has 3 heteroatoms. The zero-order valence-corrected chi connectivity index (χ0v) is 6.52. The molecule has 1 aliphatic rings. The second kappa shape index (κ2) is 2.47. The standard InChI is InChI=1S/C7H15FN2/c1-7(2,9)5-3-10-4-6(5)8/h5-6,10H,3-4,9H2,1-2H3/t5-,6-/m0/s1. The van der Waals surface area contributed by atoms with Crippen LogP contribution in [0.2, 0.25) is 0 Å². The number of nitrogens with two attached hydrogens (primary N) is 1. The molecule has 0 aromatic carbocycles. The van der Waals surface area contributed by atoms with Gasteiger partial charge in [0.2, 0.25) is 0 Å². The Hall–Kier alpha value is -0.150. The maximum Gasteiger partial charge on any atom is 0.118 e. The fourth-order valence-electron chi connectivity index (χ4n) is 1.38. The summed E-state index contributed by atoms with van der Waals surface area (Å²) >= 11 is 0. The van der Waals surface area contributed by atoms with Gasteiger partial charge in [-0.15, -0.1) is 0 Å². The first-order valence-electron chi connectivity index (χ1n) is 3.65. The van der Waals surface area contributed by atoms with Gasteiger partial charge in [-0.3, -0.25) is 0 Å². The SMILES string of the molecule is CC(C)(N)[C@H]1CNC[C@@H]1F. The van der Waals surface area contributed by atoms with Gasteiger partial charge in [0.1, 0.15) is 6.17 Å². The van der Waals surface area contributed by atoms with E-state index >= 15 is 0 Å². The molecule has 0 radical (unpaired) electrons. The van der Waals surface area contributed by atoms with E-state index in [0.29, 0.717) is 13.1 Å². The fraction of sp³-hybridized carbons (Fsp3) is 1.00. The maximum absolute atomic E-state index is 12.9. The van der Waals surface area contributed by atoms with Crippen LogP contribution in [0.5, 0.6) is 0 Å². The van der Waals surface area contributed by atoms with Crippen molar-refractivity contribution in [1.82, 2.24) is 5.32 Å². The number of nitrogens with one attached hydrogen (secondary N) is 1. The second-order valence-corrected chi connectivity index (χ2v) is 3.60. The predicted octanol–water partition coefficient (Wildman–Crippen LogP) is 0.281. The quantitative estimate of drug-likeness (QED) is 0.557. The van der Waals surface area contributed by atoms with E-state index in [4.69, 9.17) is 5.73 Å². The highest BCUT2D eigenvalue weighted by Gasteiger charge is 2.36. The molecule has 1 fully saturated rings. The smallest absolute Gasteiger partial charge is 0.118 e. The summed E-state index contributed by atoms with van der Waals surface area (Å²) in [4.78, 5) is 0. The molecule has 1 aliphatic heterocycles. The van der Waals surface area contributed by atoms with E-state index in [0.717, 1.165) is 0 Å². The van der Waals surface area contributed by atoms with Gasteiger partial charge in [0.25, 0.3) is 0 Å². The van der Waals surface area contributed by atoms with E-state index in [1.54, 1.807) is 0 Å². The molecule has 0 bridgehead atoms. The van der Waals surface area contributed by atoms with Gasteiger partial charge in [-0.25, -0.2) is 4.39 Å². The van der Waals surface area contributed by atoms with Crippen LogP contribution in [0.1, 0.15) is 13.8 Å². The zero-order valence-electron chi connectivity index (χ0n) is 6.52. The van der Waals surface area contributed by atoms with Crippen LogP contribution < -0.4 is 11.1 Å². The largest absolute Gasteiger partial charge is 0.325 e. The minimum absolute atomic E-state index is 0.0208. The molecule has 2 atom stereocenters. The fourth-order valence-corrected chi connectivity index (χ4v) is 1.38. The van der Waals surface area contributed by atoms with E-state index < -0.39 is 6.17 Å². The Bertz CT molecular complexity index is 119. The first-order valence-corrected chi connectivity index (χ1v) is 3.65. The lowest BCUT2D eigenvalue weighted by Crippen LogP contribution is -2.45. The van der Waals surface area contributed by atoms with Gasteiger partial charge in [-0.2, -0.15) is 0 Å². The Kier molecular flexibility index (Phi) is 1.97. The van der Waals surface area contributed by atoms with Gasteiger partial charge in [-0.05, 0) is 13.8 Å². The third kappa shape index (κ3) is 1.47. The Morgan fingerprint density at radius 1 is 1.50 bits per heavy atom. The molecule has 0 aliphatic carbocycles. The monoisotopic (exact) mass is 146 g/mol. The van der Waals surface area contributed by atoms with Crippen molar-refractivity contribution in [2.75, 3.05) is 13.1 Å². The molecule has 0 spiro atoms. The lowest BCUT2D eigenvalue weighted by atomic mass is 9.87. The summed E-state index contributed by atoms with van der Waals surface area (Å²) in [5.74, 6) is -0.0208. The molecule has 0 saturated carbocycles. The van der Waals surface area contributed by atoms with Crippen molar-refractivity contribution >= 4 is 0 Å². The summed E-state index contributed by atoms with van der Waals surface area (Å²) in [6.45, 7) is 4.92. The van der Waals surface area contributed by atoms with Gasteiger partial charge in [-0.1, -0.05) is 0 Å². The lowest BCUT2D eigenvalue weighted by molar-refractivity contribution is 0.208. The number of hydrogen-bond donors (Lipinski definition) is 2. The Morgan fingerprint density at radius 3 is 2.30 bits per heavy atom. The number of rotatable bonds is 1. The molecule has 10 heavy (non-hydrogen) atoms. The molecule has 3 N–H and O–H groups in total. The van der Waals surface area contributed by atoms with Crippen molar-refractivity contribution in [3.63, 3.8) is 0 Å². The van der Waals surface area contributed by atoms with E-state index in [2.05, 4.69) is 5.32 Å². The van der Waals surface area contributed by atoms with Gasteiger partial charge in [0, 0.05) is 24.5 Å². The second-order valence-electron chi connectivity index (χ2n) is 3.60. The number of hydrogen-bond acceptors (Lipinski definition) is 2.